The third-order valence-corrected chi connectivity index (χ3v) is 7.42. The van der Waals surface area contributed by atoms with E-state index < -0.39 is 21.7 Å². The number of nitrogens with zero attached hydrogens (tertiary/aromatic N) is 3. The second-order valence-corrected chi connectivity index (χ2v) is 8.12. The highest BCUT2D eigenvalue weighted by Gasteiger charge is 2.55. The number of aliphatic hydroxyl groups excluding tert-OH is 1. The molecule has 0 amide bonds. The van der Waals surface area contributed by atoms with Crippen LogP contribution in [0.1, 0.15) is 43.5 Å². The van der Waals surface area contributed by atoms with Crippen LogP contribution in [-0.4, -0.2) is 45.8 Å². The van der Waals surface area contributed by atoms with E-state index in [1.807, 2.05) is 0 Å². The predicted octanol–water partition coefficient (Wildman–Crippen LogP) is 1.11. The van der Waals surface area contributed by atoms with Crippen LogP contribution in [0.3, 0.4) is 0 Å². The van der Waals surface area contributed by atoms with Gasteiger partial charge in [-0.05, 0) is 33.1 Å². The SMILES string of the molecule is Cc1nn(C)c(C)c1S(=O)(=O)N1CC[C@H](O)C12CCCC2. The fraction of sp³-hybridized carbons (Fsp3) is 0.786. The quantitative estimate of drug-likeness (QED) is 0.887. The molecule has 0 aromatic carbocycles. The van der Waals surface area contributed by atoms with Crippen molar-refractivity contribution >= 4 is 10.0 Å². The van der Waals surface area contributed by atoms with E-state index in [-0.39, 0.29) is 0 Å². The molecule has 1 aromatic heterocycles. The molecule has 1 aromatic rings. The summed E-state index contributed by atoms with van der Waals surface area (Å²) >= 11 is 0. The summed E-state index contributed by atoms with van der Waals surface area (Å²) in [7, 11) is -1.86. The molecule has 3 rings (SSSR count). The van der Waals surface area contributed by atoms with Gasteiger partial charge in [-0.15, -0.1) is 0 Å². The van der Waals surface area contributed by atoms with Crippen LogP contribution in [0.15, 0.2) is 4.90 Å². The second kappa shape index (κ2) is 4.79. The van der Waals surface area contributed by atoms with Gasteiger partial charge in [0.25, 0.3) is 0 Å². The van der Waals surface area contributed by atoms with Gasteiger partial charge in [-0.1, -0.05) is 12.8 Å². The fourth-order valence-electron chi connectivity index (χ4n) is 4.06. The Kier molecular flexibility index (Phi) is 3.42. The Labute approximate surface area is 125 Å². The van der Waals surface area contributed by atoms with Crippen LogP contribution in [0.5, 0.6) is 0 Å². The lowest BCUT2D eigenvalue weighted by molar-refractivity contribution is 0.0687. The molecule has 2 heterocycles. The minimum atomic E-state index is -3.61. The number of hydrogen-bond acceptors (Lipinski definition) is 4. The third kappa shape index (κ3) is 1.98. The van der Waals surface area contributed by atoms with Gasteiger partial charge in [0.05, 0.1) is 23.0 Å². The minimum absolute atomic E-state index is 0.311. The van der Waals surface area contributed by atoms with Crippen LogP contribution in [-0.2, 0) is 17.1 Å². The molecule has 7 heteroatoms. The van der Waals surface area contributed by atoms with E-state index in [0.29, 0.717) is 29.2 Å². The smallest absolute Gasteiger partial charge is 0.247 e. The molecule has 1 atom stereocenters. The topological polar surface area (TPSA) is 75.4 Å². The predicted molar refractivity (Wildman–Crippen MR) is 78.4 cm³/mol. The van der Waals surface area contributed by atoms with E-state index in [2.05, 4.69) is 5.10 Å². The summed E-state index contributed by atoms with van der Waals surface area (Å²) in [5.74, 6) is 0. The zero-order valence-electron chi connectivity index (χ0n) is 12.8. The highest BCUT2D eigenvalue weighted by Crippen LogP contribution is 2.46. The van der Waals surface area contributed by atoms with Crippen molar-refractivity contribution < 1.29 is 13.5 Å². The molecule has 6 nitrogen and oxygen atoms in total. The number of aryl methyl sites for hydroxylation is 2. The molecule has 1 spiro atoms. The molecule has 0 bridgehead atoms. The van der Waals surface area contributed by atoms with Crippen LogP contribution < -0.4 is 0 Å². The summed E-state index contributed by atoms with van der Waals surface area (Å²) in [4.78, 5) is 0.311. The number of aliphatic hydroxyl groups is 1. The number of aromatic nitrogens is 2. The molecule has 1 N–H and O–H groups in total. The van der Waals surface area contributed by atoms with E-state index in [4.69, 9.17) is 0 Å². The van der Waals surface area contributed by atoms with Crippen molar-refractivity contribution in [1.82, 2.24) is 14.1 Å². The van der Waals surface area contributed by atoms with Gasteiger partial charge in [0, 0.05) is 13.6 Å². The van der Waals surface area contributed by atoms with Crippen molar-refractivity contribution in [2.45, 2.75) is 62.5 Å². The highest BCUT2D eigenvalue weighted by atomic mass is 32.2. The lowest BCUT2D eigenvalue weighted by atomic mass is 9.93. The van der Waals surface area contributed by atoms with Gasteiger partial charge in [0.2, 0.25) is 10.0 Å². The van der Waals surface area contributed by atoms with Crippen LogP contribution in [0.2, 0.25) is 0 Å². The van der Waals surface area contributed by atoms with Crippen LogP contribution in [0.4, 0.5) is 0 Å². The van der Waals surface area contributed by atoms with Gasteiger partial charge < -0.3 is 5.11 Å². The molecule has 0 unspecified atom stereocenters. The van der Waals surface area contributed by atoms with Crippen molar-refractivity contribution in [2.75, 3.05) is 6.54 Å². The van der Waals surface area contributed by atoms with Gasteiger partial charge in [-0.25, -0.2) is 8.42 Å². The first-order valence-corrected chi connectivity index (χ1v) is 8.96. The Morgan fingerprint density at radius 2 is 1.90 bits per heavy atom. The lowest BCUT2D eigenvalue weighted by Crippen LogP contribution is -2.50. The molecule has 1 aliphatic carbocycles. The van der Waals surface area contributed by atoms with Crippen LogP contribution >= 0.6 is 0 Å². The van der Waals surface area contributed by atoms with E-state index in [0.717, 1.165) is 25.7 Å². The van der Waals surface area contributed by atoms with E-state index in [1.54, 1.807) is 29.9 Å². The van der Waals surface area contributed by atoms with Gasteiger partial charge in [0.15, 0.2) is 0 Å². The zero-order chi connectivity index (χ0) is 15.4. The third-order valence-electron chi connectivity index (χ3n) is 5.18. The Hall–Kier alpha value is -0.920. The molecule has 1 saturated heterocycles. The molecular formula is C14H23N3O3S. The van der Waals surface area contributed by atoms with Crippen LogP contribution in [0.25, 0.3) is 0 Å². The molecule has 21 heavy (non-hydrogen) atoms. The van der Waals surface area contributed by atoms with Gasteiger partial charge >= 0.3 is 0 Å². The lowest BCUT2D eigenvalue weighted by Gasteiger charge is -2.36. The van der Waals surface area contributed by atoms with Gasteiger partial charge in [-0.2, -0.15) is 9.40 Å². The largest absolute Gasteiger partial charge is 0.391 e. The number of sulfonamides is 1. The van der Waals surface area contributed by atoms with Crippen molar-refractivity contribution in [2.24, 2.45) is 7.05 Å². The molecule has 2 fully saturated rings. The summed E-state index contributed by atoms with van der Waals surface area (Å²) in [6, 6.07) is 0. The maximum absolute atomic E-state index is 13.2. The summed E-state index contributed by atoms with van der Waals surface area (Å²) in [6.45, 7) is 3.91. The Morgan fingerprint density at radius 1 is 1.29 bits per heavy atom. The average molecular weight is 313 g/mol. The molecule has 1 saturated carbocycles. The van der Waals surface area contributed by atoms with E-state index >= 15 is 0 Å². The molecule has 118 valence electrons. The summed E-state index contributed by atoms with van der Waals surface area (Å²) in [5, 5.41) is 14.6. The Balaban J connectivity index is 2.10. The van der Waals surface area contributed by atoms with Crippen molar-refractivity contribution in [3.63, 3.8) is 0 Å². The highest BCUT2D eigenvalue weighted by molar-refractivity contribution is 7.89. The first-order valence-electron chi connectivity index (χ1n) is 7.52. The first-order chi connectivity index (χ1) is 9.80. The maximum Gasteiger partial charge on any atom is 0.247 e. The van der Waals surface area contributed by atoms with E-state index in [1.165, 1.54) is 0 Å². The standard InChI is InChI=1S/C14H23N3O3S/c1-10-13(11(2)16(3)15-10)21(19,20)17-9-6-12(18)14(17)7-4-5-8-14/h12,18H,4-9H2,1-3H3/t12-/m0/s1. The summed E-state index contributed by atoms with van der Waals surface area (Å²) < 4.78 is 29.5. The van der Waals surface area contributed by atoms with Crippen molar-refractivity contribution in [3.8, 4) is 0 Å². The molecule has 2 aliphatic rings. The minimum Gasteiger partial charge on any atom is -0.391 e. The number of rotatable bonds is 2. The summed E-state index contributed by atoms with van der Waals surface area (Å²) in [6.07, 6.45) is 3.45. The van der Waals surface area contributed by atoms with Gasteiger partial charge in [0.1, 0.15) is 4.90 Å². The van der Waals surface area contributed by atoms with Crippen molar-refractivity contribution in [3.05, 3.63) is 11.4 Å². The molecule has 0 radical (unpaired) electrons. The maximum atomic E-state index is 13.2. The zero-order valence-corrected chi connectivity index (χ0v) is 13.7. The normalized spacial score (nSPS) is 26.0. The van der Waals surface area contributed by atoms with E-state index in [9.17, 15) is 13.5 Å². The van der Waals surface area contributed by atoms with Crippen LogP contribution in [0, 0.1) is 13.8 Å². The Bertz CT molecular complexity index is 659. The second-order valence-electron chi connectivity index (χ2n) is 6.32. The molecule has 1 aliphatic heterocycles. The van der Waals surface area contributed by atoms with Crippen molar-refractivity contribution in [1.29, 1.82) is 0 Å². The average Bonchev–Trinajstić information content (AvgIpc) is 3.05. The van der Waals surface area contributed by atoms with Gasteiger partial charge in [-0.3, -0.25) is 4.68 Å². The first kappa shape index (κ1) is 15.0. The number of hydrogen-bond donors (Lipinski definition) is 1. The summed E-state index contributed by atoms with van der Waals surface area (Å²) in [5.41, 5.74) is 0.597. The monoisotopic (exact) mass is 313 g/mol. The fourth-order valence-corrected chi connectivity index (χ4v) is 6.33. The Morgan fingerprint density at radius 3 is 2.43 bits per heavy atom. The molecular weight excluding hydrogens is 290 g/mol.